The van der Waals surface area contributed by atoms with Crippen LogP contribution in [0, 0.1) is 6.92 Å². The zero-order valence-corrected chi connectivity index (χ0v) is 15.2. The Balaban J connectivity index is 0. The first-order valence-electron chi connectivity index (χ1n) is 7.82. The third kappa shape index (κ3) is 18.4. The number of amides is 1. The average molecular weight is 311 g/mol. The maximum Gasteiger partial charge on any atom is 0.407 e. The summed E-state index contributed by atoms with van der Waals surface area (Å²) in [6.07, 6.45) is 0.430. The van der Waals surface area contributed by atoms with Gasteiger partial charge < -0.3 is 14.8 Å². The van der Waals surface area contributed by atoms with Gasteiger partial charge in [0.2, 0.25) is 0 Å². The molecule has 1 amide bonds. The Morgan fingerprint density at radius 2 is 1.68 bits per heavy atom. The highest BCUT2D eigenvalue weighted by Crippen LogP contribution is 2.06. The summed E-state index contributed by atoms with van der Waals surface area (Å²) >= 11 is 0. The molecule has 0 aliphatic rings. The lowest BCUT2D eigenvalue weighted by Gasteiger charge is -2.19. The second-order valence-corrected chi connectivity index (χ2v) is 5.43. The van der Waals surface area contributed by atoms with E-state index in [1.165, 1.54) is 5.56 Å². The largest absolute Gasteiger partial charge is 0.444 e. The number of nitrogens with one attached hydrogen (secondary N) is 1. The molecule has 0 aliphatic carbocycles. The normalized spacial score (nSPS) is 9.59. The number of rotatable bonds is 4. The molecular weight excluding hydrogens is 278 g/mol. The van der Waals surface area contributed by atoms with Crippen LogP contribution in [0.1, 0.15) is 46.6 Å². The van der Waals surface area contributed by atoms with Crippen LogP contribution in [0.15, 0.2) is 30.3 Å². The lowest BCUT2D eigenvalue weighted by atomic mass is 10.2. The number of aryl methyl sites for hydroxylation is 1. The molecular formula is C18H33NO3. The van der Waals surface area contributed by atoms with Crippen molar-refractivity contribution in [2.75, 3.05) is 20.3 Å². The first-order valence-corrected chi connectivity index (χ1v) is 7.82. The van der Waals surface area contributed by atoms with Crippen LogP contribution in [0.3, 0.4) is 0 Å². The van der Waals surface area contributed by atoms with Crippen molar-refractivity contribution in [2.45, 2.75) is 53.6 Å². The monoisotopic (exact) mass is 311 g/mol. The second kappa shape index (κ2) is 14.4. The Bertz CT molecular complexity index is 358. The van der Waals surface area contributed by atoms with Crippen molar-refractivity contribution >= 4 is 6.09 Å². The first-order chi connectivity index (χ1) is 10.3. The molecule has 0 saturated heterocycles. The van der Waals surface area contributed by atoms with Gasteiger partial charge in [-0.25, -0.2) is 4.79 Å². The van der Waals surface area contributed by atoms with E-state index in [1.54, 1.807) is 7.11 Å². The molecule has 1 N–H and O–H groups in total. The molecule has 0 unspecified atom stereocenters. The standard InChI is InChI=1S/C9H19NO3.C7H8.C2H6/c1-9(2,3)13-8(11)10-6-5-7-12-4;1-7-5-3-2-4-6-7;1-2/h5-7H2,1-4H3,(H,10,11);2-6H,1H3;1-2H3. The molecule has 4 heteroatoms. The molecule has 0 heterocycles. The summed E-state index contributed by atoms with van der Waals surface area (Å²) in [6.45, 7) is 12.8. The molecule has 1 rings (SSSR count). The van der Waals surface area contributed by atoms with Crippen LogP contribution in [-0.4, -0.2) is 32.0 Å². The maximum atomic E-state index is 11.0. The van der Waals surface area contributed by atoms with Crippen LogP contribution in [-0.2, 0) is 9.47 Å². The Hall–Kier alpha value is -1.55. The molecule has 1 aromatic rings. The van der Waals surface area contributed by atoms with E-state index in [1.807, 2.05) is 52.8 Å². The predicted molar refractivity (Wildman–Crippen MR) is 93.3 cm³/mol. The molecule has 0 aliphatic heterocycles. The van der Waals surface area contributed by atoms with Crippen LogP contribution in [0.4, 0.5) is 4.79 Å². The van der Waals surface area contributed by atoms with Gasteiger partial charge in [0.25, 0.3) is 0 Å². The van der Waals surface area contributed by atoms with E-state index >= 15 is 0 Å². The van der Waals surface area contributed by atoms with E-state index < -0.39 is 5.60 Å². The zero-order chi connectivity index (χ0) is 17.4. The quantitative estimate of drug-likeness (QED) is 0.829. The summed E-state index contributed by atoms with van der Waals surface area (Å²) in [5.74, 6) is 0. The lowest BCUT2D eigenvalue weighted by Crippen LogP contribution is -2.33. The number of carbonyl (C=O) groups is 1. The second-order valence-electron chi connectivity index (χ2n) is 5.43. The van der Waals surface area contributed by atoms with E-state index in [0.29, 0.717) is 13.2 Å². The van der Waals surface area contributed by atoms with Gasteiger partial charge in [-0.1, -0.05) is 49.7 Å². The SMILES string of the molecule is CC.COCCCNC(=O)OC(C)(C)C.Cc1ccccc1. The number of carbonyl (C=O) groups excluding carboxylic acids is 1. The molecule has 0 aromatic heterocycles. The van der Waals surface area contributed by atoms with Gasteiger partial charge in [0, 0.05) is 20.3 Å². The van der Waals surface area contributed by atoms with E-state index in [0.717, 1.165) is 6.42 Å². The summed E-state index contributed by atoms with van der Waals surface area (Å²) in [5.41, 5.74) is 0.897. The van der Waals surface area contributed by atoms with Crippen LogP contribution >= 0.6 is 0 Å². The summed E-state index contributed by atoms with van der Waals surface area (Å²) in [7, 11) is 1.63. The van der Waals surface area contributed by atoms with Gasteiger partial charge in [-0.2, -0.15) is 0 Å². The highest BCUT2D eigenvalue weighted by atomic mass is 16.6. The first kappa shape index (κ1) is 22.7. The molecule has 22 heavy (non-hydrogen) atoms. The fraction of sp³-hybridized carbons (Fsp3) is 0.611. The maximum absolute atomic E-state index is 11.0. The molecule has 4 nitrogen and oxygen atoms in total. The van der Waals surface area contributed by atoms with Gasteiger partial charge in [-0.05, 0) is 34.1 Å². The minimum Gasteiger partial charge on any atom is -0.444 e. The van der Waals surface area contributed by atoms with E-state index in [2.05, 4.69) is 24.4 Å². The van der Waals surface area contributed by atoms with Crippen molar-refractivity contribution in [1.82, 2.24) is 5.32 Å². The summed E-state index contributed by atoms with van der Waals surface area (Å²) in [5, 5.41) is 2.63. The van der Waals surface area contributed by atoms with E-state index in [9.17, 15) is 4.79 Å². The molecule has 0 radical (unpaired) electrons. The minimum absolute atomic E-state index is 0.372. The van der Waals surface area contributed by atoms with Gasteiger partial charge in [0.1, 0.15) is 5.60 Å². The summed E-state index contributed by atoms with van der Waals surface area (Å²) in [4.78, 5) is 11.0. The van der Waals surface area contributed by atoms with E-state index in [-0.39, 0.29) is 6.09 Å². The third-order valence-electron chi connectivity index (χ3n) is 2.13. The van der Waals surface area contributed by atoms with Gasteiger partial charge in [0.15, 0.2) is 0 Å². The highest BCUT2D eigenvalue weighted by Gasteiger charge is 2.15. The Morgan fingerprint density at radius 1 is 1.14 bits per heavy atom. The van der Waals surface area contributed by atoms with Crippen molar-refractivity contribution in [1.29, 1.82) is 0 Å². The van der Waals surface area contributed by atoms with Crippen LogP contribution in [0.5, 0.6) is 0 Å². The summed E-state index contributed by atoms with van der Waals surface area (Å²) < 4.78 is 9.86. The fourth-order valence-corrected chi connectivity index (χ4v) is 1.26. The molecule has 0 spiro atoms. The van der Waals surface area contributed by atoms with E-state index in [4.69, 9.17) is 9.47 Å². The number of benzene rings is 1. The van der Waals surface area contributed by atoms with Crippen LogP contribution in [0.2, 0.25) is 0 Å². The molecule has 0 atom stereocenters. The fourth-order valence-electron chi connectivity index (χ4n) is 1.26. The van der Waals surface area contributed by atoms with Crippen molar-refractivity contribution in [3.05, 3.63) is 35.9 Å². The Kier molecular flexibility index (Phi) is 14.9. The van der Waals surface area contributed by atoms with Crippen molar-refractivity contribution in [3.8, 4) is 0 Å². The molecule has 1 aromatic carbocycles. The average Bonchev–Trinajstić information content (AvgIpc) is 2.45. The number of hydrogen-bond acceptors (Lipinski definition) is 3. The van der Waals surface area contributed by atoms with Crippen LogP contribution in [0.25, 0.3) is 0 Å². The highest BCUT2D eigenvalue weighted by molar-refractivity contribution is 5.67. The minimum atomic E-state index is -0.425. The number of alkyl carbamates (subject to hydrolysis) is 1. The van der Waals surface area contributed by atoms with Crippen molar-refractivity contribution in [3.63, 3.8) is 0 Å². The van der Waals surface area contributed by atoms with Crippen molar-refractivity contribution < 1.29 is 14.3 Å². The van der Waals surface area contributed by atoms with Crippen LogP contribution < -0.4 is 5.32 Å². The number of hydrogen-bond donors (Lipinski definition) is 1. The number of methoxy groups -OCH3 is 1. The topological polar surface area (TPSA) is 47.6 Å². The zero-order valence-electron chi connectivity index (χ0n) is 15.2. The Labute approximate surface area is 136 Å². The van der Waals surface area contributed by atoms with Gasteiger partial charge in [-0.3, -0.25) is 0 Å². The third-order valence-corrected chi connectivity index (χ3v) is 2.13. The lowest BCUT2D eigenvalue weighted by molar-refractivity contribution is 0.0523. The molecule has 0 bridgehead atoms. The van der Waals surface area contributed by atoms with Gasteiger partial charge in [0.05, 0.1) is 0 Å². The molecule has 0 saturated carbocycles. The Morgan fingerprint density at radius 3 is 2.05 bits per heavy atom. The summed E-state index contributed by atoms with van der Waals surface area (Å²) in [6, 6.07) is 10.3. The smallest absolute Gasteiger partial charge is 0.407 e. The number of ether oxygens (including phenoxy) is 2. The van der Waals surface area contributed by atoms with Crippen molar-refractivity contribution in [2.24, 2.45) is 0 Å². The predicted octanol–water partition coefficient (Wildman–Crippen LogP) is 4.57. The molecule has 128 valence electrons. The van der Waals surface area contributed by atoms with Gasteiger partial charge in [-0.15, -0.1) is 0 Å². The molecule has 0 fully saturated rings. The van der Waals surface area contributed by atoms with Gasteiger partial charge >= 0.3 is 6.09 Å².